The predicted octanol–water partition coefficient (Wildman–Crippen LogP) is 6.36. The van der Waals surface area contributed by atoms with Crippen LogP contribution in [-0.4, -0.2) is 13.2 Å². The van der Waals surface area contributed by atoms with Gasteiger partial charge in [0.05, 0.1) is 13.2 Å². The first-order valence-electron chi connectivity index (χ1n) is 9.62. The number of halogens is 3. The van der Waals surface area contributed by atoms with Crippen LogP contribution in [-0.2, 0) is 0 Å². The van der Waals surface area contributed by atoms with Crippen LogP contribution in [0.5, 0.6) is 11.5 Å². The van der Waals surface area contributed by atoms with Crippen molar-refractivity contribution in [3.05, 3.63) is 35.7 Å². The minimum Gasteiger partial charge on any atom is -0.491 e. The SMILES string of the molecule is CCOc1cc2c(c(F)c1F)-c1c-2ccc(OCC2CCC(C)CC2)c1F. The Morgan fingerprint density at radius 1 is 0.852 bits per heavy atom. The third-order valence-electron chi connectivity index (χ3n) is 5.73. The van der Waals surface area contributed by atoms with Crippen LogP contribution in [0.15, 0.2) is 18.2 Å². The topological polar surface area (TPSA) is 18.5 Å². The Kier molecular flexibility index (Phi) is 4.79. The molecule has 1 saturated carbocycles. The van der Waals surface area contributed by atoms with Gasteiger partial charge >= 0.3 is 0 Å². The van der Waals surface area contributed by atoms with E-state index >= 15 is 0 Å². The van der Waals surface area contributed by atoms with Crippen molar-refractivity contribution in [2.45, 2.75) is 39.5 Å². The van der Waals surface area contributed by atoms with Crippen LogP contribution in [0, 0.1) is 29.3 Å². The second kappa shape index (κ2) is 7.10. The first-order chi connectivity index (χ1) is 13.0. The summed E-state index contributed by atoms with van der Waals surface area (Å²) in [6.45, 7) is 4.62. The summed E-state index contributed by atoms with van der Waals surface area (Å²) in [4.78, 5) is 0. The zero-order valence-corrected chi connectivity index (χ0v) is 15.6. The van der Waals surface area contributed by atoms with Crippen LogP contribution in [0.3, 0.4) is 0 Å². The molecule has 0 spiro atoms. The lowest BCUT2D eigenvalue weighted by Gasteiger charge is -2.28. The van der Waals surface area contributed by atoms with E-state index in [1.807, 2.05) is 0 Å². The molecule has 0 aromatic heterocycles. The highest BCUT2D eigenvalue weighted by Crippen LogP contribution is 2.53. The van der Waals surface area contributed by atoms with Crippen molar-refractivity contribution in [1.82, 2.24) is 0 Å². The molecule has 2 aromatic rings. The lowest BCUT2D eigenvalue weighted by molar-refractivity contribution is 0.183. The maximum Gasteiger partial charge on any atom is 0.201 e. The maximum atomic E-state index is 14.9. The smallest absolute Gasteiger partial charge is 0.201 e. The van der Waals surface area contributed by atoms with Crippen LogP contribution in [0.2, 0.25) is 0 Å². The standard InChI is InChI=1S/C22H23F3O2/c1-3-26-17-10-15-14-8-9-16(27-11-13-6-4-12(2)5-7-13)20(23)18(14)19(15)22(25)21(17)24/h8-10,12-13H,3-7,11H2,1-2H3. The number of fused-ring (bicyclic) bond motifs is 4. The molecule has 0 radical (unpaired) electrons. The van der Waals surface area contributed by atoms with Crippen molar-refractivity contribution in [1.29, 1.82) is 0 Å². The number of hydrogen-bond donors (Lipinski definition) is 0. The van der Waals surface area contributed by atoms with Gasteiger partial charge in [0.15, 0.2) is 23.1 Å². The van der Waals surface area contributed by atoms with Crippen molar-refractivity contribution >= 4 is 0 Å². The van der Waals surface area contributed by atoms with Gasteiger partial charge in [0.2, 0.25) is 5.82 Å². The summed E-state index contributed by atoms with van der Waals surface area (Å²) in [6, 6.07) is 4.71. The third-order valence-corrected chi connectivity index (χ3v) is 5.73. The quantitative estimate of drug-likeness (QED) is 0.516. The summed E-state index contributed by atoms with van der Waals surface area (Å²) in [5, 5.41) is 0. The monoisotopic (exact) mass is 376 g/mol. The highest BCUT2D eigenvalue weighted by atomic mass is 19.2. The molecule has 0 heterocycles. The second-order valence-electron chi connectivity index (χ2n) is 7.60. The largest absolute Gasteiger partial charge is 0.491 e. The average Bonchev–Trinajstić information content (AvgIpc) is 2.65. The van der Waals surface area contributed by atoms with Crippen molar-refractivity contribution in [2.75, 3.05) is 13.2 Å². The van der Waals surface area contributed by atoms with Gasteiger partial charge in [-0.15, -0.1) is 0 Å². The number of hydrogen-bond acceptors (Lipinski definition) is 2. The van der Waals surface area contributed by atoms with Gasteiger partial charge in [-0.25, -0.2) is 8.78 Å². The fourth-order valence-electron chi connectivity index (χ4n) is 4.10. The van der Waals surface area contributed by atoms with Crippen molar-refractivity contribution < 1.29 is 22.6 Å². The van der Waals surface area contributed by atoms with Gasteiger partial charge < -0.3 is 9.47 Å². The number of ether oxygens (including phenoxy) is 2. The summed E-state index contributed by atoms with van der Waals surface area (Å²) in [5.74, 6) is -1.65. The first kappa shape index (κ1) is 18.2. The Balaban J connectivity index is 1.57. The Morgan fingerprint density at radius 3 is 2.26 bits per heavy atom. The maximum absolute atomic E-state index is 14.9. The van der Waals surface area contributed by atoms with E-state index < -0.39 is 17.5 Å². The molecule has 144 valence electrons. The Labute approximate surface area is 157 Å². The highest BCUT2D eigenvalue weighted by molar-refractivity contribution is 6.04. The average molecular weight is 376 g/mol. The molecule has 2 aliphatic rings. The van der Waals surface area contributed by atoms with E-state index in [1.54, 1.807) is 19.1 Å². The van der Waals surface area contributed by atoms with Crippen LogP contribution < -0.4 is 9.47 Å². The first-order valence-corrected chi connectivity index (χ1v) is 9.62. The molecule has 2 aromatic carbocycles. The normalized spacial score (nSPS) is 20.5. The highest BCUT2D eigenvalue weighted by Gasteiger charge is 2.34. The fraction of sp³-hybridized carbons (Fsp3) is 0.455. The van der Waals surface area contributed by atoms with Gasteiger partial charge in [-0.1, -0.05) is 19.8 Å². The van der Waals surface area contributed by atoms with Gasteiger partial charge in [0.1, 0.15) is 0 Å². The molecule has 5 heteroatoms. The minimum atomic E-state index is -1.08. The zero-order chi connectivity index (χ0) is 19.1. The van der Waals surface area contributed by atoms with Gasteiger partial charge in [-0.3, -0.25) is 0 Å². The molecule has 27 heavy (non-hydrogen) atoms. The van der Waals surface area contributed by atoms with Gasteiger partial charge in [-0.2, -0.15) is 4.39 Å². The fourth-order valence-corrected chi connectivity index (χ4v) is 4.10. The summed E-state index contributed by atoms with van der Waals surface area (Å²) in [6.07, 6.45) is 4.49. The van der Waals surface area contributed by atoms with Crippen molar-refractivity contribution in [3.8, 4) is 33.8 Å². The van der Waals surface area contributed by atoms with Gasteiger partial charge in [-0.05, 0) is 60.9 Å². The number of benzene rings is 2. The third kappa shape index (κ3) is 3.07. The van der Waals surface area contributed by atoms with Crippen LogP contribution in [0.25, 0.3) is 22.3 Å². The van der Waals surface area contributed by atoms with E-state index in [4.69, 9.17) is 9.47 Å². The second-order valence-corrected chi connectivity index (χ2v) is 7.60. The summed E-state index contributed by atoms with van der Waals surface area (Å²) >= 11 is 0. The number of rotatable bonds is 5. The molecule has 0 bridgehead atoms. The van der Waals surface area contributed by atoms with E-state index in [2.05, 4.69) is 6.92 Å². The van der Waals surface area contributed by atoms with Crippen molar-refractivity contribution in [2.24, 2.45) is 11.8 Å². The molecule has 0 aliphatic heterocycles. The molecule has 0 N–H and O–H groups in total. The van der Waals surface area contributed by atoms with E-state index in [-0.39, 0.29) is 29.2 Å². The summed E-state index contributed by atoms with van der Waals surface area (Å²) in [5.41, 5.74) is 1.10. The van der Waals surface area contributed by atoms with Gasteiger partial charge in [0, 0.05) is 11.1 Å². The van der Waals surface area contributed by atoms with E-state index in [0.717, 1.165) is 18.8 Å². The van der Waals surface area contributed by atoms with E-state index in [9.17, 15) is 13.2 Å². The molecular weight excluding hydrogens is 353 g/mol. The molecule has 0 saturated heterocycles. The molecule has 1 fully saturated rings. The van der Waals surface area contributed by atoms with Gasteiger partial charge in [0.25, 0.3) is 0 Å². The zero-order valence-electron chi connectivity index (χ0n) is 15.6. The predicted molar refractivity (Wildman–Crippen MR) is 98.5 cm³/mol. The minimum absolute atomic E-state index is 0.0274. The molecule has 0 amide bonds. The molecular formula is C22H23F3O2. The molecule has 0 unspecified atom stereocenters. The molecule has 4 rings (SSSR count). The summed E-state index contributed by atoms with van der Waals surface area (Å²) < 4.78 is 54.4. The Morgan fingerprint density at radius 2 is 1.56 bits per heavy atom. The molecule has 2 nitrogen and oxygen atoms in total. The Bertz CT molecular complexity index is 871. The molecule has 0 atom stereocenters. The van der Waals surface area contributed by atoms with Crippen LogP contribution in [0.1, 0.15) is 39.5 Å². The molecule has 2 aliphatic carbocycles. The van der Waals surface area contributed by atoms with E-state index in [1.165, 1.54) is 18.9 Å². The van der Waals surface area contributed by atoms with E-state index in [0.29, 0.717) is 23.7 Å². The van der Waals surface area contributed by atoms with Crippen LogP contribution >= 0.6 is 0 Å². The Hall–Kier alpha value is -2.17. The van der Waals surface area contributed by atoms with Crippen LogP contribution in [0.4, 0.5) is 13.2 Å². The summed E-state index contributed by atoms with van der Waals surface area (Å²) in [7, 11) is 0. The lowest BCUT2D eigenvalue weighted by Crippen LogP contribution is -2.19. The lowest BCUT2D eigenvalue weighted by atomic mass is 9.79. The van der Waals surface area contributed by atoms with Crippen molar-refractivity contribution in [3.63, 3.8) is 0 Å².